The number of benzene rings is 1. The molecule has 1 aromatic carbocycles. The van der Waals surface area contributed by atoms with Crippen LogP contribution in [0.25, 0.3) is 10.9 Å². The number of halogens is 1. The summed E-state index contributed by atoms with van der Waals surface area (Å²) in [5, 5.41) is 0.671. The van der Waals surface area contributed by atoms with Crippen LogP contribution in [0.1, 0.15) is 20.8 Å². The molecule has 0 saturated heterocycles. The van der Waals surface area contributed by atoms with Crippen LogP contribution in [0.3, 0.4) is 0 Å². The van der Waals surface area contributed by atoms with Crippen LogP contribution in [0.5, 0.6) is 0 Å². The van der Waals surface area contributed by atoms with Gasteiger partial charge < -0.3 is 4.74 Å². The van der Waals surface area contributed by atoms with E-state index >= 15 is 0 Å². The first-order valence-electron chi connectivity index (χ1n) is 7.28. The van der Waals surface area contributed by atoms with Gasteiger partial charge in [0.05, 0.1) is 18.0 Å². The summed E-state index contributed by atoms with van der Waals surface area (Å²) in [4.78, 5) is 29.1. The first-order valence-corrected chi connectivity index (χ1v) is 8.95. The molecule has 0 fully saturated rings. The van der Waals surface area contributed by atoms with E-state index in [1.165, 1.54) is 18.9 Å². The lowest BCUT2D eigenvalue weighted by Crippen LogP contribution is -2.27. The van der Waals surface area contributed by atoms with Crippen LogP contribution in [0.4, 0.5) is 0 Å². The van der Waals surface area contributed by atoms with Crippen LogP contribution in [0.15, 0.2) is 32.6 Å². The van der Waals surface area contributed by atoms with Gasteiger partial charge in [-0.1, -0.05) is 41.5 Å². The predicted octanol–water partition coefficient (Wildman–Crippen LogP) is 3.47. The molecular weight excluding hydrogens is 380 g/mol. The minimum absolute atomic E-state index is 0.0930. The van der Waals surface area contributed by atoms with Crippen LogP contribution in [-0.2, 0) is 16.1 Å². The zero-order valence-corrected chi connectivity index (χ0v) is 15.9. The van der Waals surface area contributed by atoms with Gasteiger partial charge in [-0.05, 0) is 31.0 Å². The molecule has 0 bridgehead atoms. The molecule has 1 unspecified atom stereocenters. The van der Waals surface area contributed by atoms with Gasteiger partial charge >= 0.3 is 5.97 Å². The monoisotopic (exact) mass is 398 g/mol. The summed E-state index contributed by atoms with van der Waals surface area (Å²) in [6.45, 7) is 6.37. The molecule has 5 nitrogen and oxygen atoms in total. The lowest BCUT2D eigenvalue weighted by molar-refractivity contribution is -0.139. The van der Waals surface area contributed by atoms with Crippen molar-refractivity contribution in [2.45, 2.75) is 37.7 Å². The summed E-state index contributed by atoms with van der Waals surface area (Å²) < 4.78 is 7.24. The molecule has 0 saturated carbocycles. The quantitative estimate of drug-likeness (QED) is 0.438. The molecule has 0 aliphatic rings. The van der Waals surface area contributed by atoms with Crippen LogP contribution in [-0.4, -0.2) is 27.9 Å². The lowest BCUT2D eigenvalue weighted by atomic mass is 10.2. The third-order valence-corrected chi connectivity index (χ3v) is 4.81. The first kappa shape index (κ1) is 18.0. The van der Waals surface area contributed by atoms with Crippen molar-refractivity contribution in [2.24, 2.45) is 5.92 Å². The predicted molar refractivity (Wildman–Crippen MR) is 95.9 cm³/mol. The number of hydrogen-bond acceptors (Lipinski definition) is 5. The van der Waals surface area contributed by atoms with Crippen molar-refractivity contribution in [2.75, 3.05) is 7.11 Å². The Balaban J connectivity index is 2.59. The molecule has 0 amide bonds. The average molecular weight is 399 g/mol. The average Bonchev–Trinajstić information content (AvgIpc) is 2.50. The van der Waals surface area contributed by atoms with Crippen LogP contribution in [0.2, 0.25) is 0 Å². The van der Waals surface area contributed by atoms with Crippen molar-refractivity contribution in [3.63, 3.8) is 0 Å². The second-order valence-corrected chi connectivity index (χ2v) is 7.87. The number of methoxy groups -OCH3 is 1. The number of aromatic nitrogens is 2. The number of hydrogen-bond donors (Lipinski definition) is 0. The van der Waals surface area contributed by atoms with Crippen LogP contribution >= 0.6 is 27.7 Å². The summed E-state index contributed by atoms with van der Waals surface area (Å²) in [6, 6.07) is 5.42. The SMILES string of the molecule is COC(=O)C(C)Sc1nc2ccc(Br)cc2c(=O)n1CC(C)C. The van der Waals surface area contributed by atoms with Gasteiger partial charge in [0.25, 0.3) is 5.56 Å². The topological polar surface area (TPSA) is 61.2 Å². The van der Waals surface area contributed by atoms with Gasteiger partial charge in [-0.2, -0.15) is 0 Å². The fraction of sp³-hybridized carbons (Fsp3) is 0.438. The van der Waals surface area contributed by atoms with Gasteiger partial charge in [-0.25, -0.2) is 4.98 Å². The molecule has 23 heavy (non-hydrogen) atoms. The van der Waals surface area contributed by atoms with Gasteiger partial charge in [0.1, 0.15) is 5.25 Å². The molecule has 2 rings (SSSR count). The Kier molecular flexibility index (Phi) is 5.86. The third kappa shape index (κ3) is 4.14. The minimum Gasteiger partial charge on any atom is -0.468 e. The molecule has 1 heterocycles. The van der Waals surface area contributed by atoms with E-state index in [-0.39, 0.29) is 17.4 Å². The van der Waals surface area contributed by atoms with E-state index in [2.05, 4.69) is 20.9 Å². The second kappa shape index (κ2) is 7.49. The Labute approximate surface area is 147 Å². The Hall–Kier alpha value is -1.34. The van der Waals surface area contributed by atoms with Crippen molar-refractivity contribution in [3.05, 3.63) is 33.0 Å². The lowest BCUT2D eigenvalue weighted by Gasteiger charge is -2.16. The smallest absolute Gasteiger partial charge is 0.318 e. The standard InChI is InChI=1S/C16H19BrN2O3S/c1-9(2)8-19-14(20)12-7-11(17)5-6-13(12)18-16(19)23-10(3)15(21)22-4/h5-7,9-10H,8H2,1-4H3. The van der Waals surface area contributed by atoms with E-state index in [1.807, 2.05) is 19.9 Å². The van der Waals surface area contributed by atoms with Crippen molar-refractivity contribution in [3.8, 4) is 0 Å². The largest absolute Gasteiger partial charge is 0.468 e. The maximum absolute atomic E-state index is 12.8. The molecule has 0 radical (unpaired) electrons. The normalized spacial score (nSPS) is 12.6. The summed E-state index contributed by atoms with van der Waals surface area (Å²) in [5.41, 5.74) is 0.530. The van der Waals surface area contributed by atoms with E-state index in [0.29, 0.717) is 22.6 Å². The number of carbonyl (C=O) groups is 1. The molecular formula is C16H19BrN2O3S. The zero-order chi connectivity index (χ0) is 17.1. The van der Waals surface area contributed by atoms with Gasteiger partial charge in [0.2, 0.25) is 0 Å². The van der Waals surface area contributed by atoms with Crippen LogP contribution < -0.4 is 5.56 Å². The Morgan fingerprint density at radius 1 is 1.39 bits per heavy atom. The van der Waals surface area contributed by atoms with Crippen molar-refractivity contribution < 1.29 is 9.53 Å². The maximum atomic E-state index is 12.8. The molecule has 1 atom stereocenters. The molecule has 124 valence electrons. The number of esters is 1. The number of ether oxygens (including phenoxy) is 1. The summed E-state index contributed by atoms with van der Waals surface area (Å²) in [5.74, 6) is -0.0527. The van der Waals surface area contributed by atoms with Crippen molar-refractivity contribution >= 4 is 44.6 Å². The van der Waals surface area contributed by atoms with Gasteiger partial charge in [-0.15, -0.1) is 0 Å². The number of thioether (sulfide) groups is 1. The molecule has 0 spiro atoms. The molecule has 1 aromatic heterocycles. The summed E-state index contributed by atoms with van der Waals surface area (Å²) >= 11 is 4.63. The highest BCUT2D eigenvalue weighted by molar-refractivity contribution is 9.10. The molecule has 0 N–H and O–H groups in total. The van der Waals surface area contributed by atoms with Crippen LogP contribution in [0, 0.1) is 5.92 Å². The van der Waals surface area contributed by atoms with Crippen molar-refractivity contribution in [1.29, 1.82) is 0 Å². The summed E-state index contributed by atoms with van der Waals surface area (Å²) in [7, 11) is 1.35. The van der Waals surface area contributed by atoms with E-state index in [1.54, 1.807) is 23.6 Å². The first-order chi connectivity index (χ1) is 10.8. The molecule has 0 aliphatic carbocycles. The number of rotatable bonds is 5. The van der Waals surface area contributed by atoms with E-state index in [9.17, 15) is 9.59 Å². The number of carbonyl (C=O) groups excluding carboxylic acids is 1. The number of fused-ring (bicyclic) bond motifs is 1. The second-order valence-electron chi connectivity index (χ2n) is 5.65. The van der Waals surface area contributed by atoms with Gasteiger partial charge in [0, 0.05) is 11.0 Å². The minimum atomic E-state index is -0.432. The Morgan fingerprint density at radius 2 is 2.09 bits per heavy atom. The highest BCUT2D eigenvalue weighted by Gasteiger charge is 2.20. The van der Waals surface area contributed by atoms with E-state index < -0.39 is 5.25 Å². The summed E-state index contributed by atoms with van der Waals surface area (Å²) in [6.07, 6.45) is 0. The highest BCUT2D eigenvalue weighted by atomic mass is 79.9. The number of nitrogens with zero attached hydrogens (tertiary/aromatic N) is 2. The molecule has 2 aromatic rings. The van der Waals surface area contributed by atoms with E-state index in [0.717, 1.165) is 4.47 Å². The maximum Gasteiger partial charge on any atom is 0.318 e. The van der Waals surface area contributed by atoms with Gasteiger partial charge in [0.15, 0.2) is 5.16 Å². The third-order valence-electron chi connectivity index (χ3n) is 3.24. The van der Waals surface area contributed by atoms with E-state index in [4.69, 9.17) is 4.74 Å². The van der Waals surface area contributed by atoms with Gasteiger partial charge in [-0.3, -0.25) is 14.2 Å². The highest BCUT2D eigenvalue weighted by Crippen LogP contribution is 2.25. The Morgan fingerprint density at radius 3 is 2.70 bits per heavy atom. The fourth-order valence-corrected chi connectivity index (χ4v) is 3.47. The zero-order valence-electron chi connectivity index (χ0n) is 13.5. The Bertz CT molecular complexity index is 789. The van der Waals surface area contributed by atoms with Crippen molar-refractivity contribution in [1.82, 2.24) is 9.55 Å². The molecule has 7 heteroatoms. The molecule has 0 aliphatic heterocycles. The fourth-order valence-electron chi connectivity index (χ4n) is 2.16.